The molecule has 0 aliphatic rings. The molecule has 0 fully saturated rings. The van der Waals surface area contributed by atoms with E-state index in [4.69, 9.17) is 5.11 Å². The summed E-state index contributed by atoms with van der Waals surface area (Å²) in [5.41, 5.74) is 0. The summed E-state index contributed by atoms with van der Waals surface area (Å²) < 4.78 is 4.51. The van der Waals surface area contributed by atoms with Gasteiger partial charge in [0.15, 0.2) is 0 Å². The molecule has 0 saturated carbocycles. The maximum Gasteiger partial charge on any atom is 0.325 e. The molecule has 0 saturated heterocycles. The average molecular weight is 461 g/mol. The lowest BCUT2D eigenvalue weighted by Crippen LogP contribution is -2.37. The number of Topliss-reactive ketones (excluding diaryl/α,β-unsaturated/α-hetero) is 1. The highest BCUT2D eigenvalue weighted by Gasteiger charge is 2.24. The minimum absolute atomic E-state index is 0.0186. The molecule has 10 heteroatoms. The van der Waals surface area contributed by atoms with Crippen molar-refractivity contribution in [2.45, 2.75) is 58.1 Å². The van der Waals surface area contributed by atoms with Crippen molar-refractivity contribution in [2.24, 2.45) is 11.8 Å². The zero-order chi connectivity index (χ0) is 24.0. The number of carboxylic acids is 1. The van der Waals surface area contributed by atoms with Gasteiger partial charge in [-0.15, -0.1) is 11.8 Å². The number of hydrogen-bond donors (Lipinski definition) is 2. The Morgan fingerprint density at radius 1 is 1.16 bits per heavy atom. The number of methoxy groups -OCH3 is 1. The lowest BCUT2D eigenvalue weighted by atomic mass is 9.93. The number of carbonyl (C=O) groups excluding carboxylic acids is 4. The van der Waals surface area contributed by atoms with Crippen molar-refractivity contribution in [3.8, 4) is 0 Å². The summed E-state index contributed by atoms with van der Waals surface area (Å²) in [6.07, 6.45) is 2.11. The van der Waals surface area contributed by atoms with Crippen molar-refractivity contribution in [1.29, 1.82) is 0 Å². The zero-order valence-electron chi connectivity index (χ0n) is 19.1. The number of amides is 2. The third-order valence-corrected chi connectivity index (χ3v) is 6.37. The number of likely N-dealkylation sites (N-methyl/N-ethyl adjacent to an activating group) is 1. The molecule has 0 aliphatic heterocycles. The van der Waals surface area contributed by atoms with Crippen molar-refractivity contribution in [1.82, 2.24) is 10.2 Å². The number of ketones is 1. The molecule has 2 unspecified atom stereocenters. The Bertz CT molecular complexity index is 627. The SMILES string of the molecule is CCC(CC[C@H](C)C(C)=O)CNC(=O)C(CC(=O)O)SCCC(=O)N(C)CC(=O)OC. The summed E-state index contributed by atoms with van der Waals surface area (Å²) in [5, 5.41) is 11.1. The van der Waals surface area contributed by atoms with Crippen LogP contribution in [0, 0.1) is 11.8 Å². The molecule has 0 aromatic heterocycles. The van der Waals surface area contributed by atoms with Gasteiger partial charge in [-0.1, -0.05) is 20.3 Å². The number of nitrogens with zero attached hydrogens (tertiary/aromatic N) is 1. The summed E-state index contributed by atoms with van der Waals surface area (Å²) in [7, 11) is 2.71. The summed E-state index contributed by atoms with van der Waals surface area (Å²) in [6.45, 7) is 5.71. The van der Waals surface area contributed by atoms with Crippen LogP contribution in [-0.2, 0) is 28.7 Å². The summed E-state index contributed by atoms with van der Waals surface area (Å²) in [4.78, 5) is 59.6. The van der Waals surface area contributed by atoms with E-state index in [1.807, 2.05) is 13.8 Å². The third kappa shape index (κ3) is 13.0. The van der Waals surface area contributed by atoms with Gasteiger partial charge in [-0.2, -0.15) is 0 Å². The van der Waals surface area contributed by atoms with Gasteiger partial charge < -0.3 is 20.1 Å². The molecule has 2 amide bonds. The lowest BCUT2D eigenvalue weighted by molar-refractivity contribution is -0.146. The summed E-state index contributed by atoms with van der Waals surface area (Å²) in [5.74, 6) is -1.71. The maximum absolute atomic E-state index is 12.5. The van der Waals surface area contributed by atoms with Crippen LogP contribution < -0.4 is 5.32 Å². The van der Waals surface area contributed by atoms with E-state index in [0.29, 0.717) is 6.54 Å². The Labute approximate surface area is 188 Å². The van der Waals surface area contributed by atoms with Crippen LogP contribution in [0.25, 0.3) is 0 Å². The van der Waals surface area contributed by atoms with Crippen molar-refractivity contribution < 1.29 is 33.8 Å². The van der Waals surface area contributed by atoms with Crippen LogP contribution in [0.1, 0.15) is 52.9 Å². The second-order valence-electron chi connectivity index (χ2n) is 7.64. The van der Waals surface area contributed by atoms with Gasteiger partial charge in [0, 0.05) is 31.7 Å². The fraction of sp³-hybridized carbons (Fsp3) is 0.762. The first kappa shape index (κ1) is 28.9. The topological polar surface area (TPSA) is 130 Å². The van der Waals surface area contributed by atoms with Crippen LogP contribution in [-0.4, -0.2) is 77.8 Å². The van der Waals surface area contributed by atoms with E-state index in [1.165, 1.54) is 19.1 Å². The highest BCUT2D eigenvalue weighted by Crippen LogP contribution is 2.19. The first-order valence-corrected chi connectivity index (χ1v) is 11.5. The molecular weight excluding hydrogens is 424 g/mol. The number of carbonyl (C=O) groups is 5. The zero-order valence-corrected chi connectivity index (χ0v) is 20.0. The standard InChI is InChI=1S/C21H36N2O7S/c1-6-16(8-7-14(2)15(3)24)12-22-21(29)17(11-19(26)27)31-10-9-18(25)23(4)13-20(28)30-5/h14,16-17H,6-13H2,1-5H3,(H,22,29)(H,26,27)/t14-,16?,17?/m0/s1. The largest absolute Gasteiger partial charge is 0.481 e. The molecule has 0 aromatic carbocycles. The third-order valence-electron chi connectivity index (χ3n) is 5.15. The minimum atomic E-state index is -1.09. The predicted molar refractivity (Wildman–Crippen MR) is 119 cm³/mol. The molecule has 3 atom stereocenters. The van der Waals surface area contributed by atoms with Gasteiger partial charge in [-0.3, -0.25) is 24.0 Å². The van der Waals surface area contributed by atoms with Gasteiger partial charge >= 0.3 is 11.9 Å². The van der Waals surface area contributed by atoms with Crippen LogP contribution in [0.15, 0.2) is 0 Å². The molecule has 0 rings (SSSR count). The Kier molecular flexibility index (Phi) is 14.6. The molecule has 0 bridgehead atoms. The number of thioether (sulfide) groups is 1. The number of ether oxygens (including phenoxy) is 1. The van der Waals surface area contributed by atoms with E-state index < -0.39 is 17.2 Å². The maximum atomic E-state index is 12.5. The Morgan fingerprint density at radius 3 is 2.32 bits per heavy atom. The first-order chi connectivity index (χ1) is 14.5. The van der Waals surface area contributed by atoms with Gasteiger partial charge in [0.05, 0.1) is 18.8 Å². The fourth-order valence-corrected chi connectivity index (χ4v) is 3.78. The normalized spacial score (nSPS) is 13.6. The molecular formula is C21H36N2O7S. The monoisotopic (exact) mass is 460 g/mol. The molecule has 9 nitrogen and oxygen atoms in total. The van der Waals surface area contributed by atoms with Crippen molar-refractivity contribution in [3.63, 3.8) is 0 Å². The lowest BCUT2D eigenvalue weighted by Gasteiger charge is -2.20. The second kappa shape index (κ2) is 15.7. The van der Waals surface area contributed by atoms with Crippen molar-refractivity contribution >= 4 is 41.3 Å². The number of nitrogens with one attached hydrogen (secondary N) is 1. The van der Waals surface area contributed by atoms with Crippen LogP contribution >= 0.6 is 11.8 Å². The molecule has 31 heavy (non-hydrogen) atoms. The summed E-state index contributed by atoms with van der Waals surface area (Å²) in [6, 6.07) is 0. The van der Waals surface area contributed by atoms with E-state index >= 15 is 0 Å². The molecule has 0 aromatic rings. The summed E-state index contributed by atoms with van der Waals surface area (Å²) >= 11 is 1.11. The Morgan fingerprint density at radius 2 is 1.81 bits per heavy atom. The second-order valence-corrected chi connectivity index (χ2v) is 8.95. The number of carboxylic acid groups (broad SMARTS) is 1. The average Bonchev–Trinajstić information content (AvgIpc) is 2.71. The van der Waals surface area contributed by atoms with Gasteiger partial charge in [0.1, 0.15) is 12.3 Å². The number of hydrogen-bond acceptors (Lipinski definition) is 7. The van der Waals surface area contributed by atoms with E-state index in [-0.39, 0.29) is 54.6 Å². The van der Waals surface area contributed by atoms with Crippen LogP contribution in [0.5, 0.6) is 0 Å². The molecule has 0 aliphatic carbocycles. The smallest absolute Gasteiger partial charge is 0.325 e. The molecule has 0 spiro atoms. The van der Waals surface area contributed by atoms with Crippen LogP contribution in [0.2, 0.25) is 0 Å². The number of rotatable bonds is 16. The highest BCUT2D eigenvalue weighted by atomic mass is 32.2. The van der Waals surface area contributed by atoms with Gasteiger partial charge in [-0.25, -0.2) is 0 Å². The molecule has 2 N–H and O–H groups in total. The van der Waals surface area contributed by atoms with E-state index in [9.17, 15) is 24.0 Å². The van der Waals surface area contributed by atoms with E-state index in [2.05, 4.69) is 10.1 Å². The highest BCUT2D eigenvalue weighted by molar-refractivity contribution is 8.00. The number of esters is 1. The predicted octanol–water partition coefficient (Wildman–Crippen LogP) is 1.73. The van der Waals surface area contributed by atoms with E-state index in [1.54, 1.807) is 6.92 Å². The van der Waals surface area contributed by atoms with Gasteiger partial charge in [0.25, 0.3) is 0 Å². The van der Waals surface area contributed by atoms with Crippen LogP contribution in [0.3, 0.4) is 0 Å². The molecule has 0 heterocycles. The van der Waals surface area contributed by atoms with Crippen molar-refractivity contribution in [3.05, 3.63) is 0 Å². The van der Waals surface area contributed by atoms with Gasteiger partial charge in [0.2, 0.25) is 11.8 Å². The van der Waals surface area contributed by atoms with Crippen molar-refractivity contribution in [2.75, 3.05) is 33.0 Å². The Balaban J connectivity index is 4.62. The number of aliphatic carboxylic acids is 1. The molecule has 178 valence electrons. The Hall–Kier alpha value is -2.10. The van der Waals surface area contributed by atoms with Gasteiger partial charge in [-0.05, 0) is 25.7 Å². The molecule has 0 radical (unpaired) electrons. The van der Waals surface area contributed by atoms with Crippen LogP contribution in [0.4, 0.5) is 0 Å². The minimum Gasteiger partial charge on any atom is -0.481 e. The van der Waals surface area contributed by atoms with E-state index in [0.717, 1.165) is 31.0 Å². The quantitative estimate of drug-likeness (QED) is 0.333. The fourth-order valence-electron chi connectivity index (χ4n) is 2.71. The first-order valence-electron chi connectivity index (χ1n) is 10.4.